The van der Waals surface area contributed by atoms with Crippen molar-refractivity contribution in [3.63, 3.8) is 0 Å². The number of hydrogen-bond acceptors (Lipinski definition) is 2. The zero-order chi connectivity index (χ0) is 14.1. The van der Waals surface area contributed by atoms with Crippen LogP contribution in [0.4, 0.5) is 5.69 Å². The Kier molecular flexibility index (Phi) is 2.99. The molecular weight excluding hydrogens is 252 g/mol. The maximum Gasteiger partial charge on any atom is 0.258 e. The predicted octanol–water partition coefficient (Wildman–Crippen LogP) is 2.21. The Hall–Kier alpha value is -2.62. The van der Waals surface area contributed by atoms with Crippen LogP contribution in [0, 0.1) is 0 Å². The highest BCUT2D eigenvalue weighted by Gasteiger charge is 2.30. The second-order valence-electron chi connectivity index (χ2n) is 4.64. The number of rotatable bonds is 2. The van der Waals surface area contributed by atoms with Crippen molar-refractivity contribution in [3.8, 4) is 0 Å². The first kappa shape index (κ1) is 12.4. The molecule has 4 nitrogen and oxygen atoms in total. The molecule has 1 heterocycles. The first-order valence-electron chi connectivity index (χ1n) is 6.43. The highest BCUT2D eigenvalue weighted by Crippen LogP contribution is 2.30. The van der Waals surface area contributed by atoms with E-state index in [1.807, 2.05) is 30.3 Å². The number of carbonyl (C=O) groups is 2. The summed E-state index contributed by atoms with van der Waals surface area (Å²) in [6, 6.07) is 14.7. The first-order valence-corrected chi connectivity index (χ1v) is 6.43. The van der Waals surface area contributed by atoms with Gasteiger partial charge in [-0.05, 0) is 23.8 Å². The molecule has 20 heavy (non-hydrogen) atoms. The van der Waals surface area contributed by atoms with E-state index in [-0.39, 0.29) is 11.8 Å². The molecule has 2 amide bonds. The van der Waals surface area contributed by atoms with Crippen LogP contribution in [0.2, 0.25) is 0 Å². The van der Waals surface area contributed by atoms with Crippen LogP contribution in [0.15, 0.2) is 48.5 Å². The minimum Gasteiger partial charge on any atom is -0.355 e. The van der Waals surface area contributed by atoms with Gasteiger partial charge in [0.15, 0.2) is 0 Å². The van der Waals surface area contributed by atoms with Gasteiger partial charge in [0.25, 0.3) is 11.8 Å². The fourth-order valence-corrected chi connectivity index (χ4v) is 2.48. The van der Waals surface area contributed by atoms with Gasteiger partial charge in [-0.15, -0.1) is 0 Å². The zero-order valence-electron chi connectivity index (χ0n) is 11.1. The Morgan fingerprint density at radius 2 is 1.80 bits per heavy atom. The average molecular weight is 266 g/mol. The number of nitrogens with one attached hydrogen (secondary N) is 1. The van der Waals surface area contributed by atoms with Crippen LogP contribution in [0.1, 0.15) is 26.3 Å². The molecule has 0 spiro atoms. The van der Waals surface area contributed by atoms with Crippen LogP contribution in [0.3, 0.4) is 0 Å². The molecule has 0 bridgehead atoms. The molecule has 0 atom stereocenters. The standard InChI is InChI=1S/C16H14N2O2/c1-17-15(19)13-8-4-5-9-14(13)18-10-11-6-2-3-7-12(11)16(18)20/h2-9H,10H2,1H3,(H,17,19). The smallest absolute Gasteiger partial charge is 0.258 e. The lowest BCUT2D eigenvalue weighted by atomic mass is 10.1. The van der Waals surface area contributed by atoms with E-state index in [2.05, 4.69) is 5.32 Å². The molecule has 0 fully saturated rings. The summed E-state index contributed by atoms with van der Waals surface area (Å²) in [5, 5.41) is 2.60. The van der Waals surface area contributed by atoms with Gasteiger partial charge >= 0.3 is 0 Å². The number of carbonyl (C=O) groups excluding carboxylic acids is 2. The third kappa shape index (κ3) is 1.86. The third-order valence-corrected chi connectivity index (χ3v) is 3.49. The Labute approximate surface area is 117 Å². The summed E-state index contributed by atoms with van der Waals surface area (Å²) >= 11 is 0. The summed E-state index contributed by atoms with van der Waals surface area (Å²) in [6.45, 7) is 0.503. The van der Waals surface area contributed by atoms with Crippen molar-refractivity contribution in [3.05, 3.63) is 65.2 Å². The van der Waals surface area contributed by atoms with E-state index >= 15 is 0 Å². The van der Waals surface area contributed by atoms with Crippen molar-refractivity contribution < 1.29 is 9.59 Å². The molecule has 0 aliphatic carbocycles. The quantitative estimate of drug-likeness (QED) is 0.906. The summed E-state index contributed by atoms with van der Waals surface area (Å²) in [6.07, 6.45) is 0. The predicted molar refractivity (Wildman–Crippen MR) is 76.8 cm³/mol. The molecule has 0 unspecified atom stereocenters. The van der Waals surface area contributed by atoms with Gasteiger partial charge in [-0.1, -0.05) is 30.3 Å². The molecule has 1 N–H and O–H groups in total. The molecule has 0 saturated carbocycles. The number of nitrogens with zero attached hydrogens (tertiary/aromatic N) is 1. The lowest BCUT2D eigenvalue weighted by Crippen LogP contribution is -2.27. The maximum atomic E-state index is 12.5. The first-order chi connectivity index (χ1) is 9.72. The molecule has 100 valence electrons. The molecule has 1 aliphatic rings. The number of hydrogen-bond donors (Lipinski definition) is 1. The van der Waals surface area contributed by atoms with E-state index in [1.165, 1.54) is 0 Å². The van der Waals surface area contributed by atoms with E-state index in [0.29, 0.717) is 23.4 Å². The fourth-order valence-electron chi connectivity index (χ4n) is 2.48. The highest BCUT2D eigenvalue weighted by atomic mass is 16.2. The van der Waals surface area contributed by atoms with E-state index in [9.17, 15) is 9.59 Å². The summed E-state index contributed by atoms with van der Waals surface area (Å²) in [5.41, 5.74) is 2.85. The van der Waals surface area contributed by atoms with Crippen LogP contribution in [0.25, 0.3) is 0 Å². The van der Waals surface area contributed by atoms with Crippen LogP contribution >= 0.6 is 0 Å². The van der Waals surface area contributed by atoms with Crippen molar-refractivity contribution in [1.29, 1.82) is 0 Å². The molecule has 0 saturated heterocycles. The molecule has 1 aliphatic heterocycles. The topological polar surface area (TPSA) is 49.4 Å². The van der Waals surface area contributed by atoms with Crippen LogP contribution in [-0.2, 0) is 6.54 Å². The van der Waals surface area contributed by atoms with E-state index in [1.54, 1.807) is 30.1 Å². The van der Waals surface area contributed by atoms with E-state index < -0.39 is 0 Å². The highest BCUT2D eigenvalue weighted by molar-refractivity contribution is 6.13. The molecule has 0 aromatic heterocycles. The minimum atomic E-state index is -0.190. The van der Waals surface area contributed by atoms with Crippen molar-refractivity contribution in [2.45, 2.75) is 6.54 Å². The van der Waals surface area contributed by atoms with Gasteiger partial charge in [0.1, 0.15) is 0 Å². The number of benzene rings is 2. The minimum absolute atomic E-state index is 0.0584. The molecule has 2 aromatic rings. The van der Waals surface area contributed by atoms with Gasteiger partial charge in [0, 0.05) is 12.6 Å². The summed E-state index contributed by atoms with van der Waals surface area (Å²) in [7, 11) is 1.58. The Bertz CT molecular complexity index is 694. The second-order valence-corrected chi connectivity index (χ2v) is 4.64. The lowest BCUT2D eigenvalue weighted by molar-refractivity contribution is 0.0963. The number of fused-ring (bicyclic) bond motifs is 1. The zero-order valence-corrected chi connectivity index (χ0v) is 11.1. The monoisotopic (exact) mass is 266 g/mol. The van der Waals surface area contributed by atoms with Crippen molar-refractivity contribution in [2.24, 2.45) is 0 Å². The van der Waals surface area contributed by atoms with Gasteiger partial charge in [-0.3, -0.25) is 9.59 Å². The SMILES string of the molecule is CNC(=O)c1ccccc1N1Cc2ccccc2C1=O. The number of amides is 2. The van der Waals surface area contributed by atoms with E-state index in [4.69, 9.17) is 0 Å². The van der Waals surface area contributed by atoms with Crippen LogP contribution in [0.5, 0.6) is 0 Å². The van der Waals surface area contributed by atoms with Crippen LogP contribution < -0.4 is 10.2 Å². The van der Waals surface area contributed by atoms with Crippen molar-refractivity contribution >= 4 is 17.5 Å². The fraction of sp³-hybridized carbons (Fsp3) is 0.125. The Balaban J connectivity index is 2.05. The summed E-state index contributed by atoms with van der Waals surface area (Å²) in [5.74, 6) is -0.249. The lowest BCUT2D eigenvalue weighted by Gasteiger charge is -2.18. The maximum absolute atomic E-state index is 12.5. The van der Waals surface area contributed by atoms with Gasteiger partial charge < -0.3 is 10.2 Å². The van der Waals surface area contributed by atoms with Gasteiger partial charge in [0.05, 0.1) is 17.8 Å². The number of anilines is 1. The van der Waals surface area contributed by atoms with Gasteiger partial charge in [-0.25, -0.2) is 0 Å². The third-order valence-electron chi connectivity index (χ3n) is 3.49. The largest absolute Gasteiger partial charge is 0.355 e. The van der Waals surface area contributed by atoms with Gasteiger partial charge in [-0.2, -0.15) is 0 Å². The molecule has 2 aromatic carbocycles. The van der Waals surface area contributed by atoms with E-state index in [0.717, 1.165) is 5.56 Å². The van der Waals surface area contributed by atoms with Gasteiger partial charge in [0.2, 0.25) is 0 Å². The second kappa shape index (κ2) is 4.81. The normalized spacial score (nSPS) is 13.2. The molecular formula is C16H14N2O2. The van der Waals surface area contributed by atoms with Crippen molar-refractivity contribution in [1.82, 2.24) is 5.32 Å². The Morgan fingerprint density at radius 1 is 1.10 bits per heavy atom. The molecule has 3 rings (SSSR count). The molecule has 0 radical (unpaired) electrons. The summed E-state index contributed by atoms with van der Waals surface area (Å²) in [4.78, 5) is 26.0. The van der Waals surface area contributed by atoms with Crippen molar-refractivity contribution in [2.75, 3.05) is 11.9 Å². The summed E-state index contributed by atoms with van der Waals surface area (Å²) < 4.78 is 0. The van der Waals surface area contributed by atoms with Crippen LogP contribution in [-0.4, -0.2) is 18.9 Å². The Morgan fingerprint density at radius 3 is 2.55 bits per heavy atom. The average Bonchev–Trinajstić information content (AvgIpc) is 2.84. The molecule has 4 heteroatoms. The number of para-hydroxylation sites is 1.